The first kappa shape index (κ1) is 26.9. The molecule has 1 rings (SSSR count). The maximum Gasteiger partial charge on any atom is 0.303 e. The van der Waals surface area contributed by atoms with Crippen molar-refractivity contribution in [3.05, 3.63) is 35.4 Å². The van der Waals surface area contributed by atoms with Gasteiger partial charge < -0.3 is 25.8 Å². The summed E-state index contributed by atoms with van der Waals surface area (Å²) in [6, 6.07) is 5.00. The van der Waals surface area contributed by atoms with E-state index in [-0.39, 0.29) is 50.6 Å². The van der Waals surface area contributed by atoms with Crippen molar-refractivity contribution in [3.63, 3.8) is 0 Å². The molecule has 0 aromatic heterocycles. The van der Waals surface area contributed by atoms with Gasteiger partial charge in [0, 0.05) is 24.9 Å². The van der Waals surface area contributed by atoms with Crippen LogP contribution in [0.3, 0.4) is 0 Å². The van der Waals surface area contributed by atoms with Gasteiger partial charge in [0.2, 0.25) is 11.8 Å². The van der Waals surface area contributed by atoms with E-state index in [1.54, 1.807) is 24.3 Å². The first-order valence-electron chi connectivity index (χ1n) is 10.3. The number of ether oxygens (including phenoxy) is 1. The Morgan fingerprint density at radius 1 is 1.00 bits per heavy atom. The molecule has 0 heterocycles. The Morgan fingerprint density at radius 3 is 2.19 bits per heavy atom. The number of benzene rings is 1. The predicted octanol–water partition coefficient (Wildman–Crippen LogP) is 0.0911. The van der Waals surface area contributed by atoms with Crippen molar-refractivity contribution < 1.29 is 33.8 Å². The standard InChI is InChI=1S/C22H31N3O7/c1-14(26)13-32-11-10-24-21(30)19(12-16-4-6-17(7-5-16)15(2)27)25-22(31)18(23-3)8-9-20(28)29/h4-7,18-19,23H,8-13H2,1-3H3,(H,24,30)(H,25,31)(H,28,29)/t18-,19+/m1/s1. The smallest absolute Gasteiger partial charge is 0.303 e. The molecule has 0 bridgehead atoms. The van der Waals surface area contributed by atoms with Gasteiger partial charge in [-0.3, -0.25) is 24.0 Å². The minimum Gasteiger partial charge on any atom is -0.481 e. The Hall–Kier alpha value is -3.11. The lowest BCUT2D eigenvalue weighted by atomic mass is 10.0. The summed E-state index contributed by atoms with van der Waals surface area (Å²) in [4.78, 5) is 58.5. The van der Waals surface area contributed by atoms with Crippen LogP contribution in [0.4, 0.5) is 0 Å². The lowest BCUT2D eigenvalue weighted by Crippen LogP contribution is -2.53. The third kappa shape index (κ3) is 10.3. The highest BCUT2D eigenvalue weighted by molar-refractivity contribution is 5.94. The van der Waals surface area contributed by atoms with Gasteiger partial charge in [-0.2, -0.15) is 0 Å². The van der Waals surface area contributed by atoms with Crippen LogP contribution in [0.2, 0.25) is 0 Å². The maximum atomic E-state index is 12.7. The Kier molecular flexibility index (Phi) is 11.8. The zero-order chi connectivity index (χ0) is 24.1. The molecule has 1 aromatic rings. The Labute approximate surface area is 187 Å². The molecule has 0 radical (unpaired) electrons. The molecule has 2 atom stereocenters. The first-order chi connectivity index (χ1) is 15.1. The molecule has 0 fully saturated rings. The van der Waals surface area contributed by atoms with Crippen LogP contribution in [0.1, 0.15) is 42.6 Å². The topological polar surface area (TPSA) is 151 Å². The average Bonchev–Trinajstić information content (AvgIpc) is 2.73. The second-order valence-electron chi connectivity index (χ2n) is 7.34. The monoisotopic (exact) mass is 449 g/mol. The molecule has 176 valence electrons. The summed E-state index contributed by atoms with van der Waals surface area (Å²) >= 11 is 0. The summed E-state index contributed by atoms with van der Waals surface area (Å²) in [6.07, 6.45) is 0.0351. The number of carboxylic acid groups (broad SMARTS) is 1. The van der Waals surface area contributed by atoms with E-state index >= 15 is 0 Å². The lowest BCUT2D eigenvalue weighted by Gasteiger charge is -2.22. The van der Waals surface area contributed by atoms with Crippen LogP contribution in [0, 0.1) is 0 Å². The van der Waals surface area contributed by atoms with E-state index in [2.05, 4.69) is 16.0 Å². The summed E-state index contributed by atoms with van der Waals surface area (Å²) in [6.45, 7) is 3.08. The Morgan fingerprint density at radius 2 is 1.66 bits per heavy atom. The second kappa shape index (κ2) is 14.0. The van der Waals surface area contributed by atoms with Crippen molar-refractivity contribution in [2.24, 2.45) is 0 Å². The van der Waals surface area contributed by atoms with Crippen molar-refractivity contribution in [2.45, 2.75) is 45.2 Å². The number of likely N-dealkylation sites (N-methyl/N-ethyl adjacent to an activating group) is 1. The van der Waals surface area contributed by atoms with Crippen LogP contribution in [0.5, 0.6) is 0 Å². The summed E-state index contributed by atoms with van der Waals surface area (Å²) in [5.41, 5.74) is 1.26. The van der Waals surface area contributed by atoms with Gasteiger partial charge >= 0.3 is 5.97 Å². The molecule has 0 unspecified atom stereocenters. The number of rotatable bonds is 15. The van der Waals surface area contributed by atoms with E-state index < -0.39 is 29.9 Å². The van der Waals surface area contributed by atoms with E-state index in [4.69, 9.17) is 9.84 Å². The molecule has 10 nitrogen and oxygen atoms in total. The highest BCUT2D eigenvalue weighted by atomic mass is 16.5. The summed E-state index contributed by atoms with van der Waals surface area (Å²) in [7, 11) is 1.54. The normalized spacial score (nSPS) is 12.5. The Bertz CT molecular complexity index is 808. The van der Waals surface area contributed by atoms with Gasteiger partial charge in [0.1, 0.15) is 12.6 Å². The fraction of sp³-hybridized carbons (Fsp3) is 0.500. The molecule has 0 saturated heterocycles. The number of amides is 2. The van der Waals surface area contributed by atoms with E-state index in [1.165, 1.54) is 20.9 Å². The first-order valence-corrected chi connectivity index (χ1v) is 10.3. The summed E-state index contributed by atoms with van der Waals surface area (Å²) in [5, 5.41) is 16.9. The van der Waals surface area contributed by atoms with E-state index in [0.717, 1.165) is 5.56 Å². The molecule has 0 aliphatic carbocycles. The molecular formula is C22H31N3O7. The number of aliphatic carboxylic acids is 1. The zero-order valence-corrected chi connectivity index (χ0v) is 18.6. The van der Waals surface area contributed by atoms with Gasteiger partial charge in [-0.25, -0.2) is 0 Å². The van der Waals surface area contributed by atoms with Gasteiger partial charge in [-0.15, -0.1) is 0 Å². The van der Waals surface area contributed by atoms with E-state index in [0.29, 0.717) is 5.56 Å². The summed E-state index contributed by atoms with van der Waals surface area (Å²) < 4.78 is 5.12. The predicted molar refractivity (Wildman–Crippen MR) is 116 cm³/mol. The molecule has 0 saturated carbocycles. The van der Waals surface area contributed by atoms with Crippen molar-refractivity contribution in [2.75, 3.05) is 26.8 Å². The Balaban J connectivity index is 2.84. The molecule has 1 aromatic carbocycles. The minimum absolute atomic E-state index is 0.0496. The zero-order valence-electron chi connectivity index (χ0n) is 18.6. The van der Waals surface area contributed by atoms with Crippen molar-refractivity contribution >= 4 is 29.4 Å². The van der Waals surface area contributed by atoms with Gasteiger partial charge in [0.25, 0.3) is 0 Å². The van der Waals surface area contributed by atoms with Crippen LogP contribution in [0.25, 0.3) is 0 Å². The molecule has 10 heteroatoms. The molecule has 4 N–H and O–H groups in total. The number of hydrogen-bond donors (Lipinski definition) is 4. The molecule has 0 spiro atoms. The number of carbonyl (C=O) groups is 5. The third-order valence-electron chi connectivity index (χ3n) is 4.60. The largest absolute Gasteiger partial charge is 0.481 e. The highest BCUT2D eigenvalue weighted by Crippen LogP contribution is 2.09. The van der Waals surface area contributed by atoms with Crippen molar-refractivity contribution in [3.8, 4) is 0 Å². The number of carboxylic acids is 1. The lowest BCUT2D eigenvalue weighted by molar-refractivity contribution is -0.137. The van der Waals surface area contributed by atoms with Crippen molar-refractivity contribution in [1.29, 1.82) is 0 Å². The fourth-order valence-electron chi connectivity index (χ4n) is 2.85. The van der Waals surface area contributed by atoms with Crippen LogP contribution >= 0.6 is 0 Å². The number of nitrogens with one attached hydrogen (secondary N) is 3. The third-order valence-corrected chi connectivity index (χ3v) is 4.60. The second-order valence-corrected chi connectivity index (χ2v) is 7.34. The summed E-state index contributed by atoms with van der Waals surface area (Å²) in [5.74, 6) is -2.19. The minimum atomic E-state index is -1.02. The molecule has 32 heavy (non-hydrogen) atoms. The fourth-order valence-corrected chi connectivity index (χ4v) is 2.85. The molecule has 2 amide bonds. The van der Waals surface area contributed by atoms with E-state index in [9.17, 15) is 24.0 Å². The van der Waals surface area contributed by atoms with Crippen molar-refractivity contribution in [1.82, 2.24) is 16.0 Å². The number of carbonyl (C=O) groups excluding carboxylic acids is 4. The quantitative estimate of drug-likeness (QED) is 0.217. The number of Topliss-reactive ketones (excluding diaryl/α,β-unsaturated/α-hetero) is 2. The van der Waals surface area contributed by atoms with Crippen LogP contribution < -0.4 is 16.0 Å². The highest BCUT2D eigenvalue weighted by Gasteiger charge is 2.25. The van der Waals surface area contributed by atoms with Gasteiger partial charge in [0.15, 0.2) is 11.6 Å². The van der Waals surface area contributed by atoms with Crippen LogP contribution in [0.15, 0.2) is 24.3 Å². The SMILES string of the molecule is CN[C@H](CCC(=O)O)C(=O)N[C@@H](Cc1ccc(C(C)=O)cc1)C(=O)NCCOCC(C)=O. The van der Waals surface area contributed by atoms with E-state index in [1.807, 2.05) is 0 Å². The molecular weight excluding hydrogens is 418 g/mol. The number of ketones is 2. The van der Waals surface area contributed by atoms with Crippen LogP contribution in [-0.4, -0.2) is 73.3 Å². The number of hydrogen-bond acceptors (Lipinski definition) is 7. The molecule has 0 aliphatic heterocycles. The average molecular weight is 450 g/mol. The van der Waals surface area contributed by atoms with Crippen LogP contribution in [-0.2, 0) is 30.3 Å². The van der Waals surface area contributed by atoms with Gasteiger partial charge in [-0.05, 0) is 32.9 Å². The molecule has 0 aliphatic rings. The van der Waals surface area contributed by atoms with Gasteiger partial charge in [0.05, 0.1) is 12.6 Å². The van der Waals surface area contributed by atoms with Gasteiger partial charge in [-0.1, -0.05) is 24.3 Å². The maximum absolute atomic E-state index is 12.7.